The molecular weight excluding hydrogens is 336 g/mol. The molecule has 1 N–H and O–H groups in total. The first-order valence-electron chi connectivity index (χ1n) is 8.81. The molecule has 1 amide bonds. The number of aromatic nitrogens is 2. The van der Waals surface area contributed by atoms with Gasteiger partial charge in [0.1, 0.15) is 5.75 Å². The van der Waals surface area contributed by atoms with Crippen molar-refractivity contribution in [3.8, 4) is 5.75 Å². The molecule has 3 fully saturated rings. The second-order valence-corrected chi connectivity index (χ2v) is 6.92. The third kappa shape index (κ3) is 3.01. The van der Waals surface area contributed by atoms with Crippen LogP contribution in [0.4, 0.5) is 4.79 Å². The van der Waals surface area contributed by atoms with Gasteiger partial charge in [-0.2, -0.15) is 5.10 Å². The van der Waals surface area contributed by atoms with E-state index < -0.39 is 12.1 Å². The number of fused-ring (bicyclic) bond motifs is 4. The largest absolute Gasteiger partial charge is 0.497 e. The summed E-state index contributed by atoms with van der Waals surface area (Å²) in [6.07, 6.45) is 1.44. The van der Waals surface area contributed by atoms with Crippen molar-refractivity contribution in [3.63, 3.8) is 0 Å². The molecule has 1 atom stereocenters. The highest BCUT2D eigenvalue weighted by Crippen LogP contribution is 2.28. The fraction of sp³-hybridized carbons (Fsp3) is 0.500. The number of hydrogen-bond donors (Lipinski definition) is 1. The number of carbonyl (C=O) groups is 2. The highest BCUT2D eigenvalue weighted by Gasteiger charge is 2.35. The molecule has 3 aliphatic rings. The Balaban J connectivity index is 1.46. The lowest BCUT2D eigenvalue weighted by Gasteiger charge is -2.44. The van der Waals surface area contributed by atoms with Crippen molar-refractivity contribution in [2.45, 2.75) is 18.9 Å². The Labute approximate surface area is 151 Å². The zero-order valence-corrected chi connectivity index (χ0v) is 14.9. The van der Waals surface area contributed by atoms with Crippen LogP contribution in [0.5, 0.6) is 5.75 Å². The lowest BCUT2D eigenvalue weighted by Crippen LogP contribution is -2.57. The third-order valence-corrected chi connectivity index (χ3v) is 5.40. The van der Waals surface area contributed by atoms with Gasteiger partial charge in [-0.25, -0.2) is 9.59 Å². The van der Waals surface area contributed by atoms with Crippen molar-refractivity contribution in [1.82, 2.24) is 20.0 Å². The van der Waals surface area contributed by atoms with E-state index in [4.69, 9.17) is 9.47 Å². The van der Waals surface area contributed by atoms with Crippen LogP contribution >= 0.6 is 0 Å². The van der Waals surface area contributed by atoms with Crippen LogP contribution < -0.4 is 10.1 Å². The Morgan fingerprint density at radius 3 is 2.69 bits per heavy atom. The second-order valence-electron chi connectivity index (χ2n) is 6.92. The summed E-state index contributed by atoms with van der Waals surface area (Å²) in [4.78, 5) is 27.0. The number of carbonyl (C=O) groups excluding carboxylic acids is 2. The molecule has 0 radical (unpaired) electrons. The van der Waals surface area contributed by atoms with Crippen LogP contribution in [-0.4, -0.2) is 59.5 Å². The average molecular weight is 358 g/mol. The van der Waals surface area contributed by atoms with Crippen LogP contribution in [0.3, 0.4) is 0 Å². The highest BCUT2D eigenvalue weighted by molar-refractivity contribution is 6.05. The van der Waals surface area contributed by atoms with E-state index in [9.17, 15) is 9.59 Å². The molecule has 5 rings (SSSR count). The predicted octanol–water partition coefficient (Wildman–Crippen LogP) is 1.54. The summed E-state index contributed by atoms with van der Waals surface area (Å²) < 4.78 is 11.8. The van der Waals surface area contributed by atoms with Crippen molar-refractivity contribution in [1.29, 1.82) is 0 Å². The number of nitrogens with one attached hydrogen (secondary N) is 1. The van der Waals surface area contributed by atoms with Gasteiger partial charge >= 0.3 is 12.1 Å². The van der Waals surface area contributed by atoms with E-state index in [1.165, 1.54) is 0 Å². The van der Waals surface area contributed by atoms with Gasteiger partial charge in [0.2, 0.25) is 0 Å². The summed E-state index contributed by atoms with van der Waals surface area (Å²) in [7, 11) is 3.30. The van der Waals surface area contributed by atoms with Crippen LogP contribution in [0.15, 0.2) is 18.2 Å². The normalized spacial score (nSPS) is 24.5. The summed E-state index contributed by atoms with van der Waals surface area (Å²) in [5, 5.41) is 7.67. The van der Waals surface area contributed by atoms with Crippen molar-refractivity contribution < 1.29 is 19.1 Å². The van der Waals surface area contributed by atoms with Crippen LogP contribution in [0.25, 0.3) is 10.9 Å². The maximum absolute atomic E-state index is 12.4. The van der Waals surface area contributed by atoms with Crippen molar-refractivity contribution in [3.05, 3.63) is 23.9 Å². The monoisotopic (exact) mass is 358 g/mol. The van der Waals surface area contributed by atoms with E-state index in [2.05, 4.69) is 15.3 Å². The number of amides is 1. The number of benzene rings is 1. The summed E-state index contributed by atoms with van der Waals surface area (Å²) >= 11 is 0. The molecule has 0 spiro atoms. The molecule has 26 heavy (non-hydrogen) atoms. The second kappa shape index (κ2) is 6.60. The first-order valence-corrected chi connectivity index (χ1v) is 8.81. The zero-order valence-electron chi connectivity index (χ0n) is 14.9. The van der Waals surface area contributed by atoms with Crippen molar-refractivity contribution in [2.75, 3.05) is 26.7 Å². The molecule has 0 saturated carbocycles. The molecule has 3 aliphatic heterocycles. The van der Waals surface area contributed by atoms with E-state index in [0.717, 1.165) is 38.0 Å². The number of hydrogen-bond acceptors (Lipinski definition) is 6. The number of methoxy groups -OCH3 is 1. The molecule has 0 aliphatic carbocycles. The molecule has 4 heterocycles. The summed E-state index contributed by atoms with van der Waals surface area (Å²) in [6, 6.07) is 5.31. The number of aryl methyl sites for hydroxylation is 1. The molecule has 138 valence electrons. The van der Waals surface area contributed by atoms with Gasteiger partial charge in [-0.15, -0.1) is 0 Å². The third-order valence-electron chi connectivity index (χ3n) is 5.40. The van der Waals surface area contributed by atoms with Gasteiger partial charge in [-0.1, -0.05) is 0 Å². The molecule has 0 unspecified atom stereocenters. The molecule has 1 aromatic carbocycles. The molecule has 3 saturated heterocycles. The number of alkyl carbamates (subject to hydrolysis) is 1. The number of rotatable bonds is 3. The fourth-order valence-corrected chi connectivity index (χ4v) is 3.96. The van der Waals surface area contributed by atoms with Gasteiger partial charge in [0.15, 0.2) is 5.69 Å². The fourth-order valence-electron chi connectivity index (χ4n) is 3.96. The first kappa shape index (κ1) is 16.8. The Morgan fingerprint density at radius 2 is 2.04 bits per heavy atom. The summed E-state index contributed by atoms with van der Waals surface area (Å²) in [5.41, 5.74) is 0.850. The minimum absolute atomic E-state index is 0.0440. The van der Waals surface area contributed by atoms with Gasteiger partial charge in [-0.3, -0.25) is 4.68 Å². The molecule has 2 aromatic rings. The van der Waals surface area contributed by atoms with Crippen LogP contribution in [-0.2, 0) is 11.8 Å². The molecule has 2 bridgehead atoms. The number of nitrogens with zero attached hydrogens (tertiary/aromatic N) is 3. The Morgan fingerprint density at radius 1 is 1.27 bits per heavy atom. The topological polar surface area (TPSA) is 85.7 Å². The van der Waals surface area contributed by atoms with Gasteiger partial charge in [0.05, 0.1) is 12.6 Å². The van der Waals surface area contributed by atoms with Gasteiger partial charge in [-0.05, 0) is 44.0 Å². The van der Waals surface area contributed by atoms with E-state index in [-0.39, 0.29) is 11.7 Å². The number of ether oxygens (including phenoxy) is 2. The highest BCUT2D eigenvalue weighted by atomic mass is 16.6. The first-order chi connectivity index (χ1) is 12.5. The van der Waals surface area contributed by atoms with E-state index in [1.807, 2.05) is 0 Å². The minimum atomic E-state index is -0.750. The minimum Gasteiger partial charge on any atom is -0.497 e. The number of esters is 1. The zero-order chi connectivity index (χ0) is 18.3. The van der Waals surface area contributed by atoms with E-state index >= 15 is 0 Å². The van der Waals surface area contributed by atoms with Crippen molar-refractivity contribution >= 4 is 23.0 Å². The SMILES string of the molecule is COc1ccc2c(C(=O)OC(=O)N[C@H]3CN4CCC3CC4)nn(C)c2c1. The molecule has 8 nitrogen and oxygen atoms in total. The van der Waals surface area contributed by atoms with Crippen molar-refractivity contribution in [2.24, 2.45) is 13.0 Å². The Bertz CT molecular complexity index is 854. The summed E-state index contributed by atoms with van der Waals surface area (Å²) in [5.74, 6) is 0.380. The standard InChI is InChI=1S/C18H22N4O4/c1-21-15-9-12(25-2)3-4-13(15)16(20-21)17(23)26-18(24)19-14-10-22-7-5-11(14)6-8-22/h3-4,9,11,14H,5-8,10H2,1-2H3,(H,19,24)/t14-/m0/s1. The maximum Gasteiger partial charge on any atom is 0.415 e. The van der Waals surface area contributed by atoms with Gasteiger partial charge < -0.3 is 19.7 Å². The lowest BCUT2D eigenvalue weighted by atomic mass is 9.84. The van der Waals surface area contributed by atoms with Gasteiger partial charge in [0.25, 0.3) is 0 Å². The quantitative estimate of drug-likeness (QED) is 0.662. The Kier molecular flexibility index (Phi) is 4.28. The lowest BCUT2D eigenvalue weighted by molar-refractivity contribution is 0.0519. The van der Waals surface area contributed by atoms with E-state index in [1.54, 1.807) is 37.0 Å². The van der Waals surface area contributed by atoms with Crippen LogP contribution in [0.1, 0.15) is 23.3 Å². The average Bonchev–Trinajstić information content (AvgIpc) is 2.99. The number of piperidine rings is 3. The predicted molar refractivity (Wildman–Crippen MR) is 94.2 cm³/mol. The molecule has 1 aromatic heterocycles. The molecular formula is C18H22N4O4. The maximum atomic E-state index is 12.4. The Hall–Kier alpha value is -2.61. The summed E-state index contributed by atoms with van der Waals surface area (Å²) in [6.45, 7) is 2.99. The van der Waals surface area contributed by atoms with Crippen LogP contribution in [0.2, 0.25) is 0 Å². The van der Waals surface area contributed by atoms with Crippen LogP contribution in [0, 0.1) is 5.92 Å². The van der Waals surface area contributed by atoms with E-state index in [0.29, 0.717) is 17.1 Å². The molecule has 8 heteroatoms. The van der Waals surface area contributed by atoms with Gasteiger partial charge in [0, 0.05) is 31.1 Å². The smallest absolute Gasteiger partial charge is 0.415 e.